The second-order valence-corrected chi connectivity index (χ2v) is 7.20. The van der Waals surface area contributed by atoms with Gasteiger partial charge in [0.15, 0.2) is 0 Å². The number of nitriles is 1. The van der Waals surface area contributed by atoms with Gasteiger partial charge in [-0.2, -0.15) is 5.26 Å². The lowest BCUT2D eigenvalue weighted by molar-refractivity contribution is -0.383. The molecule has 2 aromatic carbocycles. The first-order chi connectivity index (χ1) is 14.3. The van der Waals surface area contributed by atoms with E-state index < -0.39 is 10.8 Å². The highest BCUT2D eigenvalue weighted by atomic mass is 35.5. The zero-order chi connectivity index (χ0) is 21.8. The van der Waals surface area contributed by atoms with Crippen molar-refractivity contribution in [3.05, 3.63) is 79.6 Å². The first-order valence-corrected chi connectivity index (χ1v) is 9.50. The van der Waals surface area contributed by atoms with E-state index in [1.54, 1.807) is 36.4 Å². The fraction of sp³-hybridized carbons (Fsp3) is 0.150. The maximum Gasteiger partial charge on any atom is 0.353 e. The van der Waals surface area contributed by atoms with Gasteiger partial charge in [0.05, 0.1) is 16.9 Å². The number of rotatable bonds is 6. The van der Waals surface area contributed by atoms with Crippen molar-refractivity contribution in [3.63, 3.8) is 0 Å². The van der Waals surface area contributed by atoms with Crippen LogP contribution in [0.4, 0.5) is 23.0 Å². The van der Waals surface area contributed by atoms with Crippen LogP contribution in [0.2, 0.25) is 10.0 Å². The van der Waals surface area contributed by atoms with Gasteiger partial charge < -0.3 is 10.6 Å². The molecule has 1 heterocycles. The van der Waals surface area contributed by atoms with E-state index in [-0.39, 0.29) is 17.3 Å². The summed E-state index contributed by atoms with van der Waals surface area (Å²) in [6.45, 7) is 1.81. The quantitative estimate of drug-likeness (QED) is 0.385. The molecule has 0 aliphatic carbocycles. The second kappa shape index (κ2) is 8.95. The molecule has 0 aliphatic rings. The summed E-state index contributed by atoms with van der Waals surface area (Å²) in [5.74, 6) is -0.474. The Morgan fingerprint density at radius 1 is 1.17 bits per heavy atom. The Bertz CT molecular complexity index is 1150. The molecule has 0 amide bonds. The standard InChI is InChI=1S/C20H16Cl2N6O2/c1-11-7-14(15(9-23)12-3-5-13(21)6-4-12)16(22)8-17(11)27-20-18(28(29)30)19(24-2)25-10-26-20/h3-8,10,15H,1-2H3,(H2,24,25,26,27). The lowest BCUT2D eigenvalue weighted by Gasteiger charge is -2.16. The third-order valence-corrected chi connectivity index (χ3v) is 5.06. The Balaban J connectivity index is 2.01. The molecule has 0 bridgehead atoms. The molecule has 0 saturated heterocycles. The average molecular weight is 443 g/mol. The van der Waals surface area contributed by atoms with Gasteiger partial charge in [-0.3, -0.25) is 10.1 Å². The number of nitro groups is 1. The molecular weight excluding hydrogens is 427 g/mol. The maximum atomic E-state index is 11.5. The van der Waals surface area contributed by atoms with Gasteiger partial charge in [-0.25, -0.2) is 9.97 Å². The minimum Gasteiger partial charge on any atom is -0.367 e. The van der Waals surface area contributed by atoms with Gasteiger partial charge in [-0.05, 0) is 41.8 Å². The minimum atomic E-state index is -0.591. The van der Waals surface area contributed by atoms with Crippen LogP contribution < -0.4 is 10.6 Å². The number of halogens is 2. The van der Waals surface area contributed by atoms with Gasteiger partial charge >= 0.3 is 5.69 Å². The number of nitrogens with zero attached hydrogens (tertiary/aromatic N) is 4. The molecule has 1 unspecified atom stereocenters. The summed E-state index contributed by atoms with van der Waals surface area (Å²) in [6, 6.07) is 12.6. The summed E-state index contributed by atoms with van der Waals surface area (Å²) in [7, 11) is 1.54. The predicted octanol–water partition coefficient (Wildman–Crippen LogP) is 5.44. The zero-order valence-electron chi connectivity index (χ0n) is 16.0. The van der Waals surface area contributed by atoms with E-state index in [2.05, 4.69) is 26.7 Å². The van der Waals surface area contributed by atoms with Crippen molar-refractivity contribution in [2.45, 2.75) is 12.8 Å². The molecule has 1 aromatic heterocycles. The predicted molar refractivity (Wildman–Crippen MR) is 117 cm³/mol. The van der Waals surface area contributed by atoms with E-state index in [0.717, 1.165) is 11.1 Å². The number of hydrogen-bond acceptors (Lipinski definition) is 7. The van der Waals surface area contributed by atoms with E-state index in [0.29, 0.717) is 21.3 Å². The molecule has 0 aliphatic heterocycles. The van der Waals surface area contributed by atoms with Crippen LogP contribution in [0.1, 0.15) is 22.6 Å². The lowest BCUT2D eigenvalue weighted by atomic mass is 9.91. The van der Waals surface area contributed by atoms with Gasteiger partial charge in [0, 0.05) is 22.8 Å². The fourth-order valence-electron chi connectivity index (χ4n) is 2.99. The Hall–Kier alpha value is -3.41. The van der Waals surface area contributed by atoms with E-state index in [9.17, 15) is 15.4 Å². The van der Waals surface area contributed by atoms with Gasteiger partial charge in [0.2, 0.25) is 11.6 Å². The highest BCUT2D eigenvalue weighted by molar-refractivity contribution is 6.32. The van der Waals surface area contributed by atoms with Crippen LogP contribution in [0.3, 0.4) is 0 Å². The smallest absolute Gasteiger partial charge is 0.353 e. The first kappa shape index (κ1) is 21.3. The average Bonchev–Trinajstić information content (AvgIpc) is 2.72. The molecule has 152 valence electrons. The summed E-state index contributed by atoms with van der Waals surface area (Å²) in [5.41, 5.74) is 2.37. The summed E-state index contributed by atoms with van der Waals surface area (Å²) in [4.78, 5) is 18.8. The van der Waals surface area contributed by atoms with E-state index in [4.69, 9.17) is 23.2 Å². The highest BCUT2D eigenvalue weighted by Crippen LogP contribution is 2.37. The van der Waals surface area contributed by atoms with Crippen LogP contribution in [0.15, 0.2) is 42.7 Å². The number of aromatic nitrogens is 2. The van der Waals surface area contributed by atoms with Crippen LogP contribution in [0.25, 0.3) is 0 Å². The molecular formula is C20H16Cl2N6O2. The third kappa shape index (κ3) is 4.27. The van der Waals surface area contributed by atoms with E-state index in [1.807, 2.05) is 6.92 Å². The molecule has 2 N–H and O–H groups in total. The largest absolute Gasteiger partial charge is 0.367 e. The van der Waals surface area contributed by atoms with Crippen molar-refractivity contribution in [1.82, 2.24) is 9.97 Å². The lowest BCUT2D eigenvalue weighted by Crippen LogP contribution is -2.06. The molecule has 1 atom stereocenters. The van der Waals surface area contributed by atoms with Crippen LogP contribution in [-0.4, -0.2) is 21.9 Å². The van der Waals surface area contributed by atoms with E-state index >= 15 is 0 Å². The molecule has 10 heteroatoms. The van der Waals surface area contributed by atoms with Crippen molar-refractivity contribution in [3.8, 4) is 6.07 Å². The molecule has 0 spiro atoms. The van der Waals surface area contributed by atoms with Crippen molar-refractivity contribution < 1.29 is 4.92 Å². The van der Waals surface area contributed by atoms with Gasteiger partial charge in [-0.15, -0.1) is 0 Å². The number of hydrogen-bond donors (Lipinski definition) is 2. The molecule has 0 saturated carbocycles. The van der Waals surface area contributed by atoms with Gasteiger partial charge in [-0.1, -0.05) is 41.4 Å². The number of anilines is 3. The van der Waals surface area contributed by atoms with Gasteiger partial charge in [0.25, 0.3) is 0 Å². The van der Waals surface area contributed by atoms with Crippen LogP contribution in [0, 0.1) is 28.4 Å². The van der Waals surface area contributed by atoms with Crippen LogP contribution >= 0.6 is 23.2 Å². The molecule has 30 heavy (non-hydrogen) atoms. The number of nitrogens with one attached hydrogen (secondary N) is 2. The Labute approximate surface area is 182 Å². The second-order valence-electron chi connectivity index (χ2n) is 6.35. The molecule has 3 aromatic rings. The molecule has 3 rings (SSSR count). The molecule has 8 nitrogen and oxygen atoms in total. The highest BCUT2D eigenvalue weighted by Gasteiger charge is 2.24. The number of aryl methyl sites for hydroxylation is 1. The van der Waals surface area contributed by atoms with Crippen molar-refractivity contribution in [2.75, 3.05) is 17.7 Å². The minimum absolute atomic E-state index is 0.0285. The molecule has 0 fully saturated rings. The van der Waals surface area contributed by atoms with Crippen molar-refractivity contribution >= 4 is 46.2 Å². The molecule has 0 radical (unpaired) electrons. The van der Waals surface area contributed by atoms with Crippen LogP contribution in [-0.2, 0) is 0 Å². The maximum absolute atomic E-state index is 11.5. The monoisotopic (exact) mass is 442 g/mol. The SMILES string of the molecule is CNc1ncnc(Nc2cc(Cl)c(C(C#N)c3ccc(Cl)cc3)cc2C)c1[N+](=O)[O-]. The number of benzene rings is 2. The summed E-state index contributed by atoms with van der Waals surface area (Å²) in [6.07, 6.45) is 1.22. The zero-order valence-corrected chi connectivity index (χ0v) is 17.5. The first-order valence-electron chi connectivity index (χ1n) is 8.75. The summed E-state index contributed by atoms with van der Waals surface area (Å²) < 4.78 is 0. The van der Waals surface area contributed by atoms with Crippen LogP contribution in [0.5, 0.6) is 0 Å². The van der Waals surface area contributed by atoms with E-state index in [1.165, 1.54) is 13.4 Å². The van der Waals surface area contributed by atoms with Crippen molar-refractivity contribution in [1.29, 1.82) is 5.26 Å². The summed E-state index contributed by atoms with van der Waals surface area (Å²) in [5, 5.41) is 27.7. The van der Waals surface area contributed by atoms with Crippen molar-refractivity contribution in [2.24, 2.45) is 0 Å². The fourth-order valence-corrected chi connectivity index (χ4v) is 3.39. The van der Waals surface area contributed by atoms with Gasteiger partial charge in [0.1, 0.15) is 6.33 Å². The normalized spacial score (nSPS) is 11.4. The third-order valence-electron chi connectivity index (χ3n) is 4.48. The Kier molecular flexibility index (Phi) is 6.35. The topological polar surface area (TPSA) is 117 Å². The summed E-state index contributed by atoms with van der Waals surface area (Å²) >= 11 is 12.4. The Morgan fingerprint density at radius 3 is 2.43 bits per heavy atom. The Morgan fingerprint density at radius 2 is 1.83 bits per heavy atom.